The number of hydrogen-bond donors (Lipinski definition) is 2. The van der Waals surface area contributed by atoms with E-state index >= 15 is 0 Å². The average molecular weight is 705 g/mol. The zero-order valence-electron chi connectivity index (χ0n) is 31.2. The molecule has 274 valence electrons. The predicted molar refractivity (Wildman–Crippen MR) is 208 cm³/mol. The Balaban J connectivity index is 1.23. The maximum atomic E-state index is 13.0. The number of amides is 1. The van der Waals surface area contributed by atoms with Crippen LogP contribution < -0.4 is 19.7 Å². The number of ether oxygens (including phenoxy) is 3. The summed E-state index contributed by atoms with van der Waals surface area (Å²) in [6.45, 7) is 9.09. The van der Waals surface area contributed by atoms with Gasteiger partial charge in [-0.05, 0) is 105 Å². The Kier molecular flexibility index (Phi) is 13.3. The number of carbonyl (C=O) groups is 2. The van der Waals surface area contributed by atoms with Crippen molar-refractivity contribution < 1.29 is 23.8 Å². The van der Waals surface area contributed by atoms with Crippen LogP contribution in [0.15, 0.2) is 91.0 Å². The van der Waals surface area contributed by atoms with E-state index in [0.717, 1.165) is 63.8 Å². The third kappa shape index (κ3) is 11.9. The molecule has 0 radical (unpaired) electrons. The summed E-state index contributed by atoms with van der Waals surface area (Å²) in [5.74, 6) is 2.08. The van der Waals surface area contributed by atoms with Crippen LogP contribution in [-0.4, -0.2) is 47.7 Å². The highest BCUT2D eigenvalue weighted by Gasteiger charge is 2.20. The van der Waals surface area contributed by atoms with Gasteiger partial charge in [0.25, 0.3) is 0 Å². The van der Waals surface area contributed by atoms with E-state index in [-0.39, 0.29) is 24.8 Å². The number of anilines is 2. The van der Waals surface area contributed by atoms with Gasteiger partial charge in [-0.15, -0.1) is 0 Å². The molecule has 0 fully saturated rings. The van der Waals surface area contributed by atoms with Crippen LogP contribution in [0.1, 0.15) is 82.3 Å². The fourth-order valence-corrected chi connectivity index (χ4v) is 5.96. The lowest BCUT2D eigenvalue weighted by Gasteiger charge is -2.27. The smallest absolute Gasteiger partial charge is 0.326 e. The first-order chi connectivity index (χ1) is 25.1. The van der Waals surface area contributed by atoms with Gasteiger partial charge in [0, 0.05) is 24.3 Å². The van der Waals surface area contributed by atoms with Crippen LogP contribution in [0, 0.1) is 0 Å². The van der Waals surface area contributed by atoms with Crippen LogP contribution in [0.25, 0.3) is 11.0 Å². The highest BCUT2D eigenvalue weighted by Crippen LogP contribution is 2.24. The molecule has 9 nitrogen and oxygen atoms in total. The van der Waals surface area contributed by atoms with E-state index < -0.39 is 5.60 Å². The minimum atomic E-state index is -0.604. The normalized spacial score (nSPS) is 11.3. The first kappa shape index (κ1) is 37.9. The molecule has 0 saturated carbocycles. The molecule has 1 amide bonds. The summed E-state index contributed by atoms with van der Waals surface area (Å²) in [5, 5.41) is 2.97. The molecule has 52 heavy (non-hydrogen) atoms. The van der Waals surface area contributed by atoms with E-state index in [1.54, 1.807) is 7.11 Å². The highest BCUT2D eigenvalue weighted by molar-refractivity contribution is 5.92. The molecule has 2 N–H and O–H groups in total. The largest absolute Gasteiger partial charge is 0.497 e. The number of nitrogens with zero attached hydrogens (tertiary/aromatic N) is 2. The lowest BCUT2D eigenvalue weighted by molar-refractivity contribution is -0.153. The third-order valence-electron chi connectivity index (χ3n) is 8.56. The fraction of sp³-hybridized carbons (Fsp3) is 0.372. The van der Waals surface area contributed by atoms with Crippen LogP contribution >= 0.6 is 0 Å². The molecule has 0 saturated heterocycles. The van der Waals surface area contributed by atoms with Gasteiger partial charge in [-0.1, -0.05) is 62.9 Å². The van der Waals surface area contributed by atoms with E-state index in [9.17, 15) is 9.59 Å². The molecule has 5 aromatic rings. The first-order valence-electron chi connectivity index (χ1n) is 18.3. The van der Waals surface area contributed by atoms with E-state index in [0.29, 0.717) is 18.7 Å². The van der Waals surface area contributed by atoms with Crippen LogP contribution in [0.3, 0.4) is 0 Å². The van der Waals surface area contributed by atoms with Crippen molar-refractivity contribution in [3.63, 3.8) is 0 Å². The van der Waals surface area contributed by atoms with Gasteiger partial charge in [0.15, 0.2) is 0 Å². The van der Waals surface area contributed by atoms with Gasteiger partial charge >= 0.3 is 5.97 Å². The summed E-state index contributed by atoms with van der Waals surface area (Å²) in [6, 6.07) is 29.3. The van der Waals surface area contributed by atoms with Gasteiger partial charge in [-0.2, -0.15) is 0 Å². The molecule has 1 heterocycles. The number of nitrogens with one attached hydrogen (secondary N) is 2. The lowest BCUT2D eigenvalue weighted by atomic mass is 10.1. The Labute approximate surface area is 307 Å². The van der Waals surface area contributed by atoms with Gasteiger partial charge in [0.05, 0.1) is 31.2 Å². The number of benzene rings is 4. The van der Waals surface area contributed by atoms with Crippen molar-refractivity contribution in [1.29, 1.82) is 0 Å². The molecule has 0 aliphatic rings. The summed E-state index contributed by atoms with van der Waals surface area (Å²) >= 11 is 0. The summed E-state index contributed by atoms with van der Waals surface area (Å²) in [4.78, 5) is 36.1. The molecule has 0 aliphatic carbocycles. The summed E-state index contributed by atoms with van der Waals surface area (Å²) in [5.41, 5.74) is 5.77. The van der Waals surface area contributed by atoms with Crippen LogP contribution in [0.4, 0.5) is 11.4 Å². The van der Waals surface area contributed by atoms with Gasteiger partial charge in [-0.3, -0.25) is 9.59 Å². The number of fused-ring (bicyclic) bond motifs is 1. The second kappa shape index (κ2) is 18.3. The number of esters is 1. The molecular weight excluding hydrogens is 652 g/mol. The number of unbranched alkanes of at least 4 members (excludes halogenated alkanes) is 4. The number of methoxy groups -OCH3 is 1. The van der Waals surface area contributed by atoms with Crippen molar-refractivity contribution in [2.45, 2.75) is 84.8 Å². The number of carbonyl (C=O) groups excluding carboxylic acids is 2. The zero-order chi connectivity index (χ0) is 36.9. The minimum Gasteiger partial charge on any atom is -0.497 e. The summed E-state index contributed by atoms with van der Waals surface area (Å²) in [7, 11) is 1.61. The lowest BCUT2D eigenvalue weighted by Crippen LogP contribution is -2.34. The highest BCUT2D eigenvalue weighted by atomic mass is 16.6. The number of aromatic nitrogens is 2. The van der Waals surface area contributed by atoms with E-state index in [1.807, 2.05) is 98.5 Å². The van der Waals surface area contributed by atoms with Gasteiger partial charge < -0.3 is 29.4 Å². The minimum absolute atomic E-state index is 0.0608. The number of hydrogen-bond acceptors (Lipinski definition) is 7. The molecule has 0 unspecified atom stereocenters. The van der Waals surface area contributed by atoms with Crippen LogP contribution in [-0.2, 0) is 33.7 Å². The SMILES string of the molecule is CCCCCCCOc1ccc(Cc2nc3ccc(CN(CC(=O)OC(C)(C)C)c4ccc(NC(=O)Cc5ccc(OC)cc5)cc4)cc3[nH]2)cc1. The van der Waals surface area contributed by atoms with E-state index in [1.165, 1.54) is 25.7 Å². The average Bonchev–Trinajstić information content (AvgIpc) is 3.51. The van der Waals surface area contributed by atoms with Crippen molar-refractivity contribution in [2.75, 3.05) is 30.5 Å². The monoisotopic (exact) mass is 704 g/mol. The Morgan fingerprint density at radius 1 is 0.808 bits per heavy atom. The maximum Gasteiger partial charge on any atom is 0.326 e. The zero-order valence-corrected chi connectivity index (χ0v) is 31.2. The fourth-order valence-electron chi connectivity index (χ4n) is 5.96. The van der Waals surface area contributed by atoms with Gasteiger partial charge in [0.2, 0.25) is 5.91 Å². The molecule has 0 bridgehead atoms. The molecule has 0 atom stereocenters. The number of rotatable bonds is 18. The number of aromatic amines is 1. The van der Waals surface area contributed by atoms with Crippen molar-refractivity contribution in [3.05, 3.63) is 114 Å². The topological polar surface area (TPSA) is 106 Å². The summed E-state index contributed by atoms with van der Waals surface area (Å²) in [6.07, 6.45) is 7.02. The number of imidazole rings is 1. The second-order valence-corrected chi connectivity index (χ2v) is 14.2. The molecule has 1 aromatic heterocycles. The molecule has 4 aromatic carbocycles. The predicted octanol–water partition coefficient (Wildman–Crippen LogP) is 9.04. The Hall–Kier alpha value is -5.31. The summed E-state index contributed by atoms with van der Waals surface area (Å²) < 4.78 is 16.8. The van der Waals surface area contributed by atoms with E-state index in [4.69, 9.17) is 19.2 Å². The quantitative estimate of drug-likeness (QED) is 0.0693. The molecule has 0 spiro atoms. The van der Waals surface area contributed by atoms with Crippen molar-refractivity contribution in [1.82, 2.24) is 9.97 Å². The van der Waals surface area contributed by atoms with Crippen molar-refractivity contribution in [2.24, 2.45) is 0 Å². The van der Waals surface area contributed by atoms with Crippen LogP contribution in [0.2, 0.25) is 0 Å². The van der Waals surface area contributed by atoms with Crippen molar-refractivity contribution >= 4 is 34.3 Å². The third-order valence-corrected chi connectivity index (χ3v) is 8.56. The molecule has 5 rings (SSSR count). The Morgan fingerprint density at radius 3 is 2.17 bits per heavy atom. The van der Waals surface area contributed by atoms with E-state index in [2.05, 4.69) is 35.4 Å². The molecule has 0 aliphatic heterocycles. The Morgan fingerprint density at radius 2 is 1.48 bits per heavy atom. The standard InChI is InChI=1S/C43H52N4O5/c1-6-7-8-9-10-25-51-37-22-13-31(14-23-37)27-40-45-38-24-15-33(26-39(38)46-40)29-47(30-42(49)52-43(2,3)4)35-18-16-34(17-19-35)44-41(48)28-32-11-20-36(50-5)21-12-32/h11-24,26H,6-10,25,27-30H2,1-5H3,(H,44,48)(H,45,46). The Bertz CT molecular complexity index is 1880. The first-order valence-corrected chi connectivity index (χ1v) is 18.3. The number of H-pyrrole nitrogens is 1. The van der Waals surface area contributed by atoms with Crippen molar-refractivity contribution in [3.8, 4) is 11.5 Å². The molecule has 9 heteroatoms. The van der Waals surface area contributed by atoms with Gasteiger partial charge in [0.1, 0.15) is 29.5 Å². The van der Waals surface area contributed by atoms with Crippen LogP contribution in [0.5, 0.6) is 11.5 Å². The maximum absolute atomic E-state index is 13.0. The second-order valence-electron chi connectivity index (χ2n) is 14.2. The molecular formula is C43H52N4O5. The van der Waals surface area contributed by atoms with Gasteiger partial charge in [-0.25, -0.2) is 4.98 Å².